The molecule has 0 fully saturated rings. The lowest BCUT2D eigenvalue weighted by Crippen LogP contribution is -2.54. The molecule has 0 unspecified atom stereocenters. The van der Waals surface area contributed by atoms with E-state index in [2.05, 4.69) is 11.4 Å². The molecule has 1 atom stereocenters. The highest BCUT2D eigenvalue weighted by atomic mass is 32.2. The number of benzene rings is 3. The maximum absolute atomic E-state index is 13.7. The van der Waals surface area contributed by atoms with Gasteiger partial charge in [-0.25, -0.2) is 0 Å². The molecule has 0 aliphatic rings. The fraction of sp³-hybridized carbons (Fsp3) is 0.333. The Morgan fingerprint density at radius 1 is 0.857 bits per heavy atom. The molecule has 0 aromatic heterocycles. The van der Waals surface area contributed by atoms with Crippen molar-refractivity contribution in [3.63, 3.8) is 0 Å². The zero-order chi connectivity index (χ0) is 25.4. The number of amides is 2. The summed E-state index contributed by atoms with van der Waals surface area (Å²) in [5.41, 5.74) is 3.95. The Morgan fingerprint density at radius 2 is 1.51 bits per heavy atom. The fourth-order valence-electron chi connectivity index (χ4n) is 3.88. The van der Waals surface area contributed by atoms with Crippen LogP contribution in [0.5, 0.6) is 0 Å². The predicted octanol–water partition coefficient (Wildman–Crippen LogP) is 5.95. The molecule has 3 aromatic rings. The van der Waals surface area contributed by atoms with Crippen molar-refractivity contribution in [1.29, 1.82) is 0 Å². The number of nitrogens with one attached hydrogen (secondary N) is 1. The minimum absolute atomic E-state index is 0.0536. The number of rotatable bonds is 9. The summed E-state index contributed by atoms with van der Waals surface area (Å²) in [6.07, 6.45) is 0.454. The van der Waals surface area contributed by atoms with E-state index in [9.17, 15) is 9.59 Å². The van der Waals surface area contributed by atoms with E-state index in [-0.39, 0.29) is 17.6 Å². The minimum atomic E-state index is -0.622. The molecule has 0 heterocycles. The van der Waals surface area contributed by atoms with E-state index in [4.69, 9.17) is 0 Å². The quantitative estimate of drug-likeness (QED) is 0.379. The highest BCUT2D eigenvalue weighted by Crippen LogP contribution is 2.22. The zero-order valence-electron chi connectivity index (χ0n) is 21.4. The molecule has 1 N–H and O–H groups in total. The van der Waals surface area contributed by atoms with E-state index in [1.54, 1.807) is 4.90 Å². The number of thioether (sulfide) groups is 1. The molecule has 5 heteroatoms. The third kappa shape index (κ3) is 8.59. The summed E-state index contributed by atoms with van der Waals surface area (Å²) in [6, 6.07) is 25.6. The summed E-state index contributed by atoms with van der Waals surface area (Å²) in [7, 11) is 0. The minimum Gasteiger partial charge on any atom is -0.350 e. The van der Waals surface area contributed by atoms with Gasteiger partial charge in [-0.15, -0.1) is 11.8 Å². The van der Waals surface area contributed by atoms with Crippen molar-refractivity contribution in [1.82, 2.24) is 10.2 Å². The summed E-state index contributed by atoms with van der Waals surface area (Å²) < 4.78 is 0. The Morgan fingerprint density at radius 3 is 2.14 bits per heavy atom. The van der Waals surface area contributed by atoms with Gasteiger partial charge in [0.15, 0.2) is 0 Å². The first-order valence-electron chi connectivity index (χ1n) is 12.0. The van der Waals surface area contributed by atoms with E-state index >= 15 is 0 Å². The lowest BCUT2D eigenvalue weighted by atomic mass is 10.0. The van der Waals surface area contributed by atoms with Crippen LogP contribution in [0.1, 0.15) is 43.0 Å². The predicted molar refractivity (Wildman–Crippen MR) is 145 cm³/mol. The van der Waals surface area contributed by atoms with Gasteiger partial charge in [0.25, 0.3) is 0 Å². The number of hydrogen-bond donors (Lipinski definition) is 1. The lowest BCUT2D eigenvalue weighted by Gasteiger charge is -2.34. The van der Waals surface area contributed by atoms with Crippen molar-refractivity contribution in [2.45, 2.75) is 64.1 Å². The van der Waals surface area contributed by atoms with E-state index in [0.717, 1.165) is 21.6 Å². The maximum Gasteiger partial charge on any atom is 0.243 e. The fourth-order valence-corrected chi connectivity index (χ4v) is 4.66. The first-order chi connectivity index (χ1) is 16.6. The molecule has 0 aliphatic carbocycles. The molecule has 4 nitrogen and oxygen atoms in total. The van der Waals surface area contributed by atoms with E-state index < -0.39 is 11.6 Å². The summed E-state index contributed by atoms with van der Waals surface area (Å²) in [4.78, 5) is 30.1. The average molecular weight is 489 g/mol. The second kappa shape index (κ2) is 12.1. The number of nitrogens with zero attached hydrogens (tertiary/aromatic N) is 1. The maximum atomic E-state index is 13.7. The molecule has 0 bridgehead atoms. The number of aryl methyl sites for hydroxylation is 2. The van der Waals surface area contributed by atoms with Crippen LogP contribution >= 0.6 is 11.8 Å². The molecule has 3 rings (SSSR count). The largest absolute Gasteiger partial charge is 0.350 e. The molecule has 0 aliphatic heterocycles. The number of carbonyl (C=O) groups excluding carboxylic acids is 2. The summed E-state index contributed by atoms with van der Waals surface area (Å²) in [6.45, 7) is 10.4. The second-order valence-corrected chi connectivity index (χ2v) is 11.1. The van der Waals surface area contributed by atoms with Gasteiger partial charge in [0.2, 0.25) is 11.8 Å². The Kier molecular flexibility index (Phi) is 9.16. The van der Waals surface area contributed by atoms with Gasteiger partial charge in [-0.05, 0) is 57.9 Å². The van der Waals surface area contributed by atoms with Gasteiger partial charge < -0.3 is 10.2 Å². The molecular weight excluding hydrogens is 452 g/mol. The molecule has 0 spiro atoms. The van der Waals surface area contributed by atoms with Gasteiger partial charge in [-0.3, -0.25) is 9.59 Å². The van der Waals surface area contributed by atoms with Crippen molar-refractivity contribution >= 4 is 23.6 Å². The highest BCUT2D eigenvalue weighted by molar-refractivity contribution is 8.00. The van der Waals surface area contributed by atoms with Crippen LogP contribution in [0.25, 0.3) is 0 Å². The molecular formula is C30H36N2O2S. The van der Waals surface area contributed by atoms with Gasteiger partial charge in [-0.1, -0.05) is 77.9 Å². The Balaban J connectivity index is 1.92. The van der Waals surface area contributed by atoms with Crippen molar-refractivity contribution in [3.8, 4) is 0 Å². The van der Waals surface area contributed by atoms with Crippen molar-refractivity contribution in [2.24, 2.45) is 0 Å². The van der Waals surface area contributed by atoms with Crippen LogP contribution in [0.4, 0.5) is 0 Å². The number of hydrogen-bond acceptors (Lipinski definition) is 3. The molecule has 3 aromatic carbocycles. The summed E-state index contributed by atoms with van der Waals surface area (Å²) in [5, 5.41) is 3.11. The van der Waals surface area contributed by atoms with Gasteiger partial charge in [0, 0.05) is 23.4 Å². The summed E-state index contributed by atoms with van der Waals surface area (Å²) in [5.74, 6) is 0.0768. The van der Waals surface area contributed by atoms with Crippen LogP contribution in [0, 0.1) is 13.8 Å². The van der Waals surface area contributed by atoms with E-state index in [1.165, 1.54) is 17.3 Å². The van der Waals surface area contributed by atoms with Crippen molar-refractivity contribution in [3.05, 3.63) is 101 Å². The van der Waals surface area contributed by atoms with Gasteiger partial charge in [0.05, 0.1) is 5.75 Å². The van der Waals surface area contributed by atoms with Crippen LogP contribution in [0.2, 0.25) is 0 Å². The SMILES string of the molecule is Cc1ccc(SCC(=O)N(Cc2cccc(C)c2)[C@@H](Cc2ccccc2)C(=O)NC(C)(C)C)cc1. The third-order valence-electron chi connectivity index (χ3n) is 5.59. The molecule has 0 saturated heterocycles. The first-order valence-corrected chi connectivity index (χ1v) is 13.0. The normalized spacial score (nSPS) is 12.1. The van der Waals surface area contributed by atoms with Crippen molar-refractivity contribution < 1.29 is 9.59 Å². The molecule has 2 amide bonds. The van der Waals surface area contributed by atoms with Crippen LogP contribution in [0.15, 0.2) is 83.8 Å². The topological polar surface area (TPSA) is 49.4 Å². The molecule has 35 heavy (non-hydrogen) atoms. The van der Waals surface area contributed by atoms with Crippen LogP contribution in [-0.4, -0.2) is 34.0 Å². The molecule has 184 valence electrons. The average Bonchev–Trinajstić information content (AvgIpc) is 2.80. The lowest BCUT2D eigenvalue weighted by molar-refractivity contribution is -0.140. The molecule has 0 radical (unpaired) electrons. The van der Waals surface area contributed by atoms with E-state index in [1.807, 2.05) is 107 Å². The van der Waals surface area contributed by atoms with Crippen LogP contribution in [0.3, 0.4) is 0 Å². The van der Waals surface area contributed by atoms with Gasteiger partial charge in [-0.2, -0.15) is 0 Å². The smallest absolute Gasteiger partial charge is 0.243 e. The third-order valence-corrected chi connectivity index (χ3v) is 6.58. The van der Waals surface area contributed by atoms with Crippen LogP contribution < -0.4 is 5.32 Å². The Bertz CT molecular complexity index is 1120. The standard InChI is InChI=1S/C30H36N2O2S/c1-22-14-16-26(17-15-22)35-21-28(33)32(20-25-13-9-10-23(2)18-25)27(29(34)31-30(3,4)5)19-24-11-7-6-8-12-24/h6-18,27H,19-21H2,1-5H3,(H,31,34)/t27-/m0/s1. The Labute approximate surface area is 214 Å². The zero-order valence-corrected chi connectivity index (χ0v) is 22.2. The monoisotopic (exact) mass is 488 g/mol. The van der Waals surface area contributed by atoms with Crippen molar-refractivity contribution in [2.75, 3.05) is 5.75 Å². The second-order valence-electron chi connectivity index (χ2n) is 10.1. The number of carbonyl (C=O) groups is 2. The summed E-state index contributed by atoms with van der Waals surface area (Å²) >= 11 is 1.50. The van der Waals surface area contributed by atoms with Gasteiger partial charge in [0.1, 0.15) is 6.04 Å². The highest BCUT2D eigenvalue weighted by Gasteiger charge is 2.32. The van der Waals surface area contributed by atoms with Gasteiger partial charge >= 0.3 is 0 Å². The molecule has 0 saturated carbocycles. The Hall–Kier alpha value is -3.05. The first kappa shape index (κ1) is 26.6. The van der Waals surface area contributed by atoms with Crippen LogP contribution in [-0.2, 0) is 22.6 Å². The van der Waals surface area contributed by atoms with E-state index in [0.29, 0.717) is 13.0 Å².